The van der Waals surface area contributed by atoms with E-state index in [0.717, 1.165) is 37.0 Å². The fourth-order valence-corrected chi connectivity index (χ4v) is 6.91. The lowest BCUT2D eigenvalue weighted by Gasteiger charge is -2.56. The Bertz CT molecular complexity index is 903. The summed E-state index contributed by atoms with van der Waals surface area (Å²) in [5.41, 5.74) is 0.948. The molecule has 8 heteroatoms. The molecule has 7 atom stereocenters. The number of rotatable bonds is 7. The number of aliphatic hydroxyl groups excluding tert-OH is 1. The predicted octanol–water partition coefficient (Wildman–Crippen LogP) is 2.69. The van der Waals surface area contributed by atoms with Gasteiger partial charge >= 0.3 is 0 Å². The van der Waals surface area contributed by atoms with E-state index in [9.17, 15) is 18.3 Å². The number of nitrogens with one attached hydrogen (secondary N) is 2. The van der Waals surface area contributed by atoms with Crippen LogP contribution in [-0.2, 0) is 21.4 Å². The van der Waals surface area contributed by atoms with Crippen molar-refractivity contribution in [3.8, 4) is 5.75 Å². The lowest BCUT2D eigenvalue weighted by Crippen LogP contribution is -2.58. The highest BCUT2D eigenvalue weighted by atomic mass is 32.2. The largest absolute Gasteiger partial charge is 0.497 e. The summed E-state index contributed by atoms with van der Waals surface area (Å²) in [6.45, 7) is 6.55. The summed E-state index contributed by atoms with van der Waals surface area (Å²) in [5.74, 6) is 0.170. The van der Waals surface area contributed by atoms with Gasteiger partial charge in [0.1, 0.15) is 5.75 Å². The average molecular weight is 467 g/mol. The van der Waals surface area contributed by atoms with Gasteiger partial charge in [0.15, 0.2) is 0 Å². The van der Waals surface area contributed by atoms with E-state index in [-0.39, 0.29) is 41.0 Å². The van der Waals surface area contributed by atoms with Gasteiger partial charge in [-0.25, -0.2) is 13.1 Å². The first-order valence-electron chi connectivity index (χ1n) is 11.5. The highest BCUT2D eigenvalue weighted by Crippen LogP contribution is 2.55. The van der Waals surface area contributed by atoms with Crippen LogP contribution in [0.15, 0.2) is 24.3 Å². The van der Waals surface area contributed by atoms with Crippen LogP contribution >= 0.6 is 0 Å². The molecule has 0 aliphatic heterocycles. The Balaban J connectivity index is 1.66. The van der Waals surface area contributed by atoms with Crippen LogP contribution < -0.4 is 14.8 Å². The molecule has 0 spiro atoms. The standard InChI is InChI=1S/C24H38N2O5S/c1-15(23(28)25-14-17-6-8-18(31-4)9-7-17)19-10-12-24(3)13-11-20(26-32(5,29)30)16(2)21(24)22(19)27/h6-9,15-16,19-22,26-27H,10-14H2,1-5H3,(H,25,28)/t15-,16+,19-,20-,21+,22-,24-/m0/s1. The number of benzene rings is 1. The van der Waals surface area contributed by atoms with Crippen molar-refractivity contribution in [1.29, 1.82) is 0 Å². The van der Waals surface area contributed by atoms with Crippen LogP contribution in [0.5, 0.6) is 5.75 Å². The molecule has 0 saturated heterocycles. The van der Waals surface area contributed by atoms with E-state index in [0.29, 0.717) is 6.54 Å². The summed E-state index contributed by atoms with van der Waals surface area (Å²) >= 11 is 0. The zero-order valence-electron chi connectivity index (χ0n) is 19.8. The lowest BCUT2D eigenvalue weighted by molar-refractivity contribution is -0.141. The number of carbonyl (C=O) groups excluding carboxylic acids is 1. The summed E-state index contributed by atoms with van der Waals surface area (Å²) < 4.78 is 31.6. The van der Waals surface area contributed by atoms with Gasteiger partial charge in [-0.2, -0.15) is 0 Å². The molecule has 0 unspecified atom stereocenters. The smallest absolute Gasteiger partial charge is 0.223 e. The monoisotopic (exact) mass is 466 g/mol. The van der Waals surface area contributed by atoms with Crippen LogP contribution in [0.2, 0.25) is 0 Å². The predicted molar refractivity (Wildman–Crippen MR) is 124 cm³/mol. The normalized spacial score (nSPS) is 33.8. The second-order valence-electron chi connectivity index (χ2n) is 10.1. The maximum atomic E-state index is 12.9. The van der Waals surface area contributed by atoms with Gasteiger partial charge in [0.2, 0.25) is 15.9 Å². The highest BCUT2D eigenvalue weighted by molar-refractivity contribution is 7.88. The first-order chi connectivity index (χ1) is 14.9. The van der Waals surface area contributed by atoms with Crippen LogP contribution in [0.3, 0.4) is 0 Å². The number of hydrogen-bond donors (Lipinski definition) is 3. The molecule has 2 fully saturated rings. The van der Waals surface area contributed by atoms with Crippen molar-refractivity contribution >= 4 is 15.9 Å². The molecule has 0 bridgehead atoms. The zero-order valence-corrected chi connectivity index (χ0v) is 20.6. The molecular formula is C24H38N2O5S. The van der Waals surface area contributed by atoms with Crippen LogP contribution in [0.1, 0.15) is 52.0 Å². The highest BCUT2D eigenvalue weighted by Gasteiger charge is 2.53. The van der Waals surface area contributed by atoms with E-state index < -0.39 is 16.1 Å². The molecule has 2 saturated carbocycles. The van der Waals surface area contributed by atoms with Crippen LogP contribution in [0.4, 0.5) is 0 Å². The summed E-state index contributed by atoms with van der Waals surface area (Å²) in [5, 5.41) is 14.4. The molecule has 1 aromatic carbocycles. The van der Waals surface area contributed by atoms with Crippen molar-refractivity contribution in [2.75, 3.05) is 13.4 Å². The van der Waals surface area contributed by atoms with E-state index in [1.807, 2.05) is 38.1 Å². The molecule has 3 rings (SSSR count). The van der Waals surface area contributed by atoms with Gasteiger partial charge in [0.25, 0.3) is 0 Å². The molecule has 1 amide bonds. The van der Waals surface area contributed by atoms with E-state index in [4.69, 9.17) is 4.74 Å². The Morgan fingerprint density at radius 1 is 1.25 bits per heavy atom. The second-order valence-corrected chi connectivity index (χ2v) is 11.9. The molecule has 3 N–H and O–H groups in total. The molecule has 2 aliphatic carbocycles. The van der Waals surface area contributed by atoms with Crippen molar-refractivity contribution in [2.24, 2.45) is 29.1 Å². The maximum Gasteiger partial charge on any atom is 0.223 e. The molecule has 0 aromatic heterocycles. The molecule has 1 aromatic rings. The third-order valence-electron chi connectivity index (χ3n) is 7.93. The minimum absolute atomic E-state index is 0.00386. The summed E-state index contributed by atoms with van der Waals surface area (Å²) in [6.07, 6.45) is 3.92. The number of amides is 1. The summed E-state index contributed by atoms with van der Waals surface area (Å²) in [6, 6.07) is 7.38. The van der Waals surface area contributed by atoms with E-state index in [2.05, 4.69) is 17.0 Å². The van der Waals surface area contributed by atoms with Crippen molar-refractivity contribution in [2.45, 2.75) is 65.1 Å². The van der Waals surface area contributed by atoms with Gasteiger partial charge in [-0.3, -0.25) is 4.79 Å². The summed E-state index contributed by atoms with van der Waals surface area (Å²) in [4.78, 5) is 12.9. The van der Waals surface area contributed by atoms with Gasteiger partial charge < -0.3 is 15.2 Å². The van der Waals surface area contributed by atoms with E-state index in [1.54, 1.807) is 7.11 Å². The molecule has 0 heterocycles. The molecule has 32 heavy (non-hydrogen) atoms. The Morgan fingerprint density at radius 3 is 2.47 bits per heavy atom. The molecule has 2 aliphatic rings. The molecule has 0 radical (unpaired) electrons. The number of sulfonamides is 1. The Hall–Kier alpha value is -1.64. The lowest BCUT2D eigenvalue weighted by atomic mass is 9.52. The molecule has 180 valence electrons. The fraction of sp³-hybridized carbons (Fsp3) is 0.708. The van der Waals surface area contributed by atoms with Gasteiger partial charge in [0.05, 0.1) is 19.5 Å². The quantitative estimate of drug-likeness (QED) is 0.573. The van der Waals surface area contributed by atoms with Crippen LogP contribution in [0, 0.1) is 29.1 Å². The number of methoxy groups -OCH3 is 1. The van der Waals surface area contributed by atoms with Crippen LogP contribution in [-0.4, -0.2) is 44.9 Å². The minimum atomic E-state index is -3.32. The Labute approximate surface area is 192 Å². The number of carbonyl (C=O) groups is 1. The zero-order chi connectivity index (χ0) is 23.7. The second kappa shape index (κ2) is 9.69. The SMILES string of the molecule is COc1ccc(CNC(=O)[C@@H](C)[C@@H]2CC[C@@]3(C)CC[C@H](NS(C)(=O)=O)[C@@H](C)[C@@H]3[C@H]2O)cc1. The van der Waals surface area contributed by atoms with Gasteiger partial charge in [-0.15, -0.1) is 0 Å². The third kappa shape index (κ3) is 5.46. The van der Waals surface area contributed by atoms with Gasteiger partial charge in [0, 0.05) is 18.5 Å². The van der Waals surface area contributed by atoms with Gasteiger partial charge in [-0.05, 0) is 66.5 Å². The first-order valence-corrected chi connectivity index (χ1v) is 13.4. The third-order valence-corrected chi connectivity index (χ3v) is 8.67. The Morgan fingerprint density at radius 2 is 1.88 bits per heavy atom. The van der Waals surface area contributed by atoms with Crippen molar-refractivity contribution < 1.29 is 23.1 Å². The van der Waals surface area contributed by atoms with Crippen LogP contribution in [0.25, 0.3) is 0 Å². The van der Waals surface area contributed by atoms with E-state index in [1.165, 1.54) is 6.26 Å². The number of fused-ring (bicyclic) bond motifs is 1. The topological polar surface area (TPSA) is 105 Å². The average Bonchev–Trinajstić information content (AvgIpc) is 2.73. The molecule has 7 nitrogen and oxygen atoms in total. The first kappa shape index (κ1) is 25.0. The maximum absolute atomic E-state index is 12.9. The van der Waals surface area contributed by atoms with E-state index >= 15 is 0 Å². The number of hydrogen-bond acceptors (Lipinski definition) is 5. The number of aliphatic hydroxyl groups is 1. The minimum Gasteiger partial charge on any atom is -0.497 e. The Kier molecular flexibility index (Phi) is 7.57. The van der Waals surface area contributed by atoms with Crippen molar-refractivity contribution in [1.82, 2.24) is 10.0 Å². The van der Waals surface area contributed by atoms with Crippen molar-refractivity contribution in [3.05, 3.63) is 29.8 Å². The number of ether oxygens (including phenoxy) is 1. The summed E-state index contributed by atoms with van der Waals surface area (Å²) in [7, 11) is -1.70. The van der Waals surface area contributed by atoms with Crippen molar-refractivity contribution in [3.63, 3.8) is 0 Å². The van der Waals surface area contributed by atoms with Gasteiger partial charge in [-0.1, -0.05) is 32.9 Å². The fourth-order valence-electron chi connectivity index (χ4n) is 6.02. The molecular weight excluding hydrogens is 428 g/mol.